The number of hydrogen-bond donors (Lipinski definition) is 0. The van der Waals surface area contributed by atoms with Gasteiger partial charge in [0, 0.05) is 20.6 Å². The number of nitrogens with zero attached hydrogens (tertiary/aromatic N) is 5. The van der Waals surface area contributed by atoms with Crippen molar-refractivity contribution in [3.05, 3.63) is 23.5 Å². The molecule has 1 aliphatic carbocycles. The first-order valence-corrected chi connectivity index (χ1v) is 9.90. The summed E-state index contributed by atoms with van der Waals surface area (Å²) < 4.78 is 13.1. The molecule has 1 amide bonds. The number of pyridine rings is 1. The Balaban J connectivity index is 1.73. The van der Waals surface area contributed by atoms with Gasteiger partial charge in [-0.25, -0.2) is 14.5 Å². The van der Waals surface area contributed by atoms with E-state index in [1.54, 1.807) is 23.7 Å². The highest BCUT2D eigenvalue weighted by atomic mass is 16.6. The molecule has 8 heteroatoms. The number of hydrogen-bond acceptors (Lipinski definition) is 6. The summed E-state index contributed by atoms with van der Waals surface area (Å²) in [5.74, 6) is 0.814. The molecule has 0 saturated heterocycles. The van der Waals surface area contributed by atoms with Crippen LogP contribution in [0.25, 0.3) is 11.4 Å². The van der Waals surface area contributed by atoms with Crippen LogP contribution >= 0.6 is 0 Å². The number of carbonyl (C=O) groups excluding carboxylic acids is 1. The Morgan fingerprint density at radius 1 is 1.32 bits per heavy atom. The minimum atomic E-state index is -0.363. The van der Waals surface area contributed by atoms with Crippen molar-refractivity contribution in [1.29, 1.82) is 0 Å². The summed E-state index contributed by atoms with van der Waals surface area (Å²) >= 11 is 0. The van der Waals surface area contributed by atoms with Crippen LogP contribution in [0.2, 0.25) is 0 Å². The van der Waals surface area contributed by atoms with Crippen LogP contribution in [0.1, 0.15) is 50.4 Å². The molecule has 1 aliphatic rings. The molecular weight excluding hydrogens is 358 g/mol. The topological polar surface area (TPSA) is 82.4 Å². The van der Waals surface area contributed by atoms with Crippen molar-refractivity contribution in [1.82, 2.24) is 24.9 Å². The summed E-state index contributed by atoms with van der Waals surface area (Å²) in [5, 5.41) is 8.30. The SMILES string of the molecule is CCCN(C)C(=O)OCc1c(-c2ccc(OC3CCCC3)c(C)n2)nnn1C. The molecule has 152 valence electrons. The van der Waals surface area contributed by atoms with Crippen LogP contribution < -0.4 is 4.74 Å². The van der Waals surface area contributed by atoms with Crippen LogP contribution in [0.4, 0.5) is 4.79 Å². The largest absolute Gasteiger partial charge is 0.489 e. The van der Waals surface area contributed by atoms with Gasteiger partial charge in [0.2, 0.25) is 0 Å². The highest BCUT2D eigenvalue weighted by molar-refractivity contribution is 5.67. The third kappa shape index (κ3) is 4.61. The van der Waals surface area contributed by atoms with Crippen LogP contribution in [0.5, 0.6) is 5.75 Å². The van der Waals surface area contributed by atoms with Crippen molar-refractivity contribution in [3.63, 3.8) is 0 Å². The van der Waals surface area contributed by atoms with Crippen LogP contribution in [-0.4, -0.2) is 50.7 Å². The third-order valence-electron chi connectivity index (χ3n) is 5.02. The maximum atomic E-state index is 12.1. The van der Waals surface area contributed by atoms with Crippen molar-refractivity contribution >= 4 is 6.09 Å². The molecule has 0 radical (unpaired) electrons. The molecular formula is C20H29N5O3. The molecule has 1 fully saturated rings. The van der Waals surface area contributed by atoms with Crippen LogP contribution in [-0.2, 0) is 18.4 Å². The zero-order valence-electron chi connectivity index (χ0n) is 17.1. The third-order valence-corrected chi connectivity index (χ3v) is 5.02. The lowest BCUT2D eigenvalue weighted by molar-refractivity contribution is 0.103. The van der Waals surface area contributed by atoms with E-state index in [2.05, 4.69) is 15.3 Å². The maximum absolute atomic E-state index is 12.1. The Labute approximate surface area is 165 Å². The molecule has 28 heavy (non-hydrogen) atoms. The van der Waals surface area contributed by atoms with E-state index in [-0.39, 0.29) is 18.8 Å². The minimum Gasteiger partial charge on any atom is -0.489 e. The number of amides is 1. The molecule has 2 heterocycles. The average molecular weight is 387 g/mol. The van der Waals surface area contributed by atoms with E-state index in [4.69, 9.17) is 9.47 Å². The molecule has 2 aromatic rings. The minimum absolute atomic E-state index is 0.0901. The summed E-state index contributed by atoms with van der Waals surface area (Å²) in [7, 11) is 3.50. The van der Waals surface area contributed by atoms with Gasteiger partial charge in [-0.3, -0.25) is 0 Å². The molecule has 0 atom stereocenters. The van der Waals surface area contributed by atoms with Crippen molar-refractivity contribution in [2.24, 2.45) is 7.05 Å². The molecule has 0 N–H and O–H groups in total. The van der Waals surface area contributed by atoms with Crippen molar-refractivity contribution < 1.29 is 14.3 Å². The second kappa shape index (κ2) is 9.03. The number of ether oxygens (including phenoxy) is 2. The highest BCUT2D eigenvalue weighted by Gasteiger charge is 2.20. The van der Waals surface area contributed by atoms with E-state index >= 15 is 0 Å². The summed E-state index contributed by atoms with van der Waals surface area (Å²) in [4.78, 5) is 18.3. The van der Waals surface area contributed by atoms with E-state index in [9.17, 15) is 4.79 Å². The Kier molecular flexibility index (Phi) is 6.49. The number of aromatic nitrogens is 4. The standard InChI is InChI=1S/C20H29N5O3/c1-5-12-24(3)20(26)27-13-17-19(22-23-25(17)4)16-10-11-18(14(2)21-16)28-15-8-6-7-9-15/h10-11,15H,5-9,12-13H2,1-4H3. The lowest BCUT2D eigenvalue weighted by Gasteiger charge is -2.16. The predicted octanol–water partition coefficient (Wildman–Crippen LogP) is 3.49. The predicted molar refractivity (Wildman–Crippen MR) is 105 cm³/mol. The Morgan fingerprint density at radius 2 is 2.07 bits per heavy atom. The van der Waals surface area contributed by atoms with E-state index in [0.717, 1.165) is 30.7 Å². The normalized spacial score (nSPS) is 14.3. The van der Waals surface area contributed by atoms with Gasteiger partial charge in [0.25, 0.3) is 0 Å². The quantitative estimate of drug-likeness (QED) is 0.723. The van der Waals surface area contributed by atoms with Gasteiger partial charge in [0.15, 0.2) is 0 Å². The Morgan fingerprint density at radius 3 is 2.75 bits per heavy atom. The van der Waals surface area contributed by atoms with Gasteiger partial charge < -0.3 is 14.4 Å². The smallest absolute Gasteiger partial charge is 0.409 e. The zero-order chi connectivity index (χ0) is 20.1. The van der Waals surface area contributed by atoms with Gasteiger partial charge in [-0.15, -0.1) is 5.10 Å². The first-order chi connectivity index (χ1) is 13.5. The molecule has 8 nitrogen and oxygen atoms in total. The van der Waals surface area contributed by atoms with Gasteiger partial charge in [0.1, 0.15) is 23.7 Å². The van der Waals surface area contributed by atoms with Crippen LogP contribution in [0.3, 0.4) is 0 Å². The van der Waals surface area contributed by atoms with E-state index in [0.29, 0.717) is 23.6 Å². The van der Waals surface area contributed by atoms with Crippen molar-refractivity contribution in [2.75, 3.05) is 13.6 Å². The average Bonchev–Trinajstić information content (AvgIpc) is 3.31. The molecule has 0 aromatic carbocycles. The highest BCUT2D eigenvalue weighted by Crippen LogP contribution is 2.28. The number of rotatable bonds is 7. The second-order valence-corrected chi connectivity index (χ2v) is 7.29. The van der Waals surface area contributed by atoms with Gasteiger partial charge in [-0.2, -0.15) is 0 Å². The van der Waals surface area contributed by atoms with Crippen molar-refractivity contribution in [3.8, 4) is 17.1 Å². The fourth-order valence-electron chi connectivity index (χ4n) is 3.40. The first kappa shape index (κ1) is 20.1. The molecule has 0 aliphatic heterocycles. The van der Waals surface area contributed by atoms with E-state index in [1.165, 1.54) is 12.8 Å². The monoisotopic (exact) mass is 387 g/mol. The number of aryl methyl sites for hydroxylation is 2. The molecule has 2 aromatic heterocycles. The van der Waals surface area contributed by atoms with E-state index < -0.39 is 0 Å². The molecule has 1 saturated carbocycles. The zero-order valence-corrected chi connectivity index (χ0v) is 17.1. The van der Waals surface area contributed by atoms with Gasteiger partial charge >= 0.3 is 6.09 Å². The molecule has 0 bridgehead atoms. The summed E-state index contributed by atoms with van der Waals surface area (Å²) in [5.41, 5.74) is 2.83. The summed E-state index contributed by atoms with van der Waals surface area (Å²) in [6.07, 6.45) is 5.47. The second-order valence-electron chi connectivity index (χ2n) is 7.29. The Bertz CT molecular complexity index is 814. The Hall–Kier alpha value is -2.64. The molecule has 0 spiro atoms. The van der Waals surface area contributed by atoms with Crippen molar-refractivity contribution in [2.45, 2.75) is 58.7 Å². The summed E-state index contributed by atoms with van der Waals surface area (Å²) in [6.45, 7) is 4.69. The molecule has 0 unspecified atom stereocenters. The molecule has 3 rings (SSSR count). The van der Waals surface area contributed by atoms with Gasteiger partial charge in [-0.05, 0) is 51.2 Å². The maximum Gasteiger partial charge on any atom is 0.409 e. The number of carbonyl (C=O) groups is 1. The van der Waals surface area contributed by atoms with Crippen LogP contribution in [0, 0.1) is 6.92 Å². The van der Waals surface area contributed by atoms with Gasteiger partial charge in [-0.1, -0.05) is 12.1 Å². The van der Waals surface area contributed by atoms with E-state index in [1.807, 2.05) is 26.0 Å². The van der Waals surface area contributed by atoms with Crippen LogP contribution in [0.15, 0.2) is 12.1 Å². The fraction of sp³-hybridized carbons (Fsp3) is 0.600. The first-order valence-electron chi connectivity index (χ1n) is 9.90. The lowest BCUT2D eigenvalue weighted by atomic mass is 10.2. The fourth-order valence-corrected chi connectivity index (χ4v) is 3.40. The lowest BCUT2D eigenvalue weighted by Crippen LogP contribution is -2.28. The van der Waals surface area contributed by atoms with Gasteiger partial charge in [0.05, 0.1) is 17.5 Å². The summed E-state index contributed by atoms with van der Waals surface area (Å²) in [6, 6.07) is 3.82.